The van der Waals surface area contributed by atoms with Gasteiger partial charge in [0.15, 0.2) is 5.43 Å². The number of halogens is 1. The molecule has 188 valence electrons. The summed E-state index contributed by atoms with van der Waals surface area (Å²) in [5, 5.41) is 4.94. The van der Waals surface area contributed by atoms with Crippen molar-refractivity contribution in [2.45, 2.75) is 6.10 Å². The summed E-state index contributed by atoms with van der Waals surface area (Å²) >= 11 is 0. The van der Waals surface area contributed by atoms with Gasteiger partial charge in [-0.2, -0.15) is 17.8 Å². The number of fused-ring (bicyclic) bond motifs is 2. The molecule has 4 aromatic rings. The molecule has 2 aromatic heterocycles. The minimum Gasteiger partial charge on any atom is -0.376 e. The number of rotatable bonds is 6. The third-order valence-corrected chi connectivity index (χ3v) is 7.45. The van der Waals surface area contributed by atoms with Crippen molar-refractivity contribution < 1.29 is 22.3 Å². The maximum absolute atomic E-state index is 14.9. The quantitative estimate of drug-likeness (QED) is 0.421. The third kappa shape index (κ3) is 4.80. The molecule has 3 heterocycles. The molecule has 2 aromatic carbocycles. The largest absolute Gasteiger partial charge is 0.376 e. The summed E-state index contributed by atoms with van der Waals surface area (Å²) in [7, 11) is -0.987. The molecule has 0 spiro atoms. The SMILES string of the molecule is CN(CC1COCCO1)S(=O)(=O)Nc1cc2c(=O)c3cc(-c4cnn(C)c4)cnc3ccc2cc1F. The summed E-state index contributed by atoms with van der Waals surface area (Å²) in [5.74, 6) is -0.810. The van der Waals surface area contributed by atoms with Crippen LogP contribution >= 0.6 is 0 Å². The minimum absolute atomic E-state index is 0.0275. The van der Waals surface area contributed by atoms with Crippen molar-refractivity contribution in [1.29, 1.82) is 0 Å². The highest BCUT2D eigenvalue weighted by molar-refractivity contribution is 7.90. The maximum Gasteiger partial charge on any atom is 0.301 e. The van der Waals surface area contributed by atoms with E-state index in [1.807, 2.05) is 0 Å². The van der Waals surface area contributed by atoms with Crippen LogP contribution in [-0.4, -0.2) is 67.0 Å². The zero-order valence-electron chi connectivity index (χ0n) is 19.6. The Morgan fingerprint density at radius 1 is 1.17 bits per heavy atom. The average molecular weight is 514 g/mol. The minimum atomic E-state index is -4.13. The normalized spacial score (nSPS) is 16.6. The van der Waals surface area contributed by atoms with Crippen LogP contribution in [0.15, 0.2) is 53.7 Å². The van der Waals surface area contributed by atoms with Gasteiger partial charge < -0.3 is 9.47 Å². The predicted molar refractivity (Wildman–Crippen MR) is 133 cm³/mol. The van der Waals surface area contributed by atoms with E-state index < -0.39 is 27.6 Å². The number of benzene rings is 1. The summed E-state index contributed by atoms with van der Waals surface area (Å²) in [4.78, 5) is 17.9. The van der Waals surface area contributed by atoms with Gasteiger partial charge in [-0.1, -0.05) is 6.07 Å². The van der Waals surface area contributed by atoms with E-state index in [0.29, 0.717) is 35.1 Å². The molecule has 10 nitrogen and oxygen atoms in total. The Morgan fingerprint density at radius 2 is 2.00 bits per heavy atom. The molecule has 0 amide bonds. The molecule has 1 unspecified atom stereocenters. The highest BCUT2D eigenvalue weighted by Gasteiger charge is 2.25. The monoisotopic (exact) mass is 513 g/mol. The zero-order valence-corrected chi connectivity index (χ0v) is 20.5. The molecule has 0 radical (unpaired) electrons. The first kappa shape index (κ1) is 24.3. The molecule has 36 heavy (non-hydrogen) atoms. The summed E-state index contributed by atoms with van der Waals surface area (Å²) in [5.41, 5.74) is 1.19. The van der Waals surface area contributed by atoms with Crippen LogP contribution in [0.4, 0.5) is 10.1 Å². The van der Waals surface area contributed by atoms with Gasteiger partial charge in [0.05, 0.1) is 43.3 Å². The lowest BCUT2D eigenvalue weighted by Gasteiger charge is -2.27. The van der Waals surface area contributed by atoms with Gasteiger partial charge in [0.25, 0.3) is 0 Å². The molecule has 1 N–H and O–H groups in total. The number of likely N-dealkylation sites (N-methyl/N-ethyl adjacent to an activating group) is 1. The van der Waals surface area contributed by atoms with Gasteiger partial charge >= 0.3 is 10.2 Å². The molecule has 0 saturated carbocycles. The fourth-order valence-electron chi connectivity index (χ4n) is 4.08. The number of nitrogens with one attached hydrogen (secondary N) is 1. The first-order chi connectivity index (χ1) is 17.2. The first-order valence-electron chi connectivity index (χ1n) is 11.2. The van der Waals surface area contributed by atoms with E-state index in [0.717, 1.165) is 15.9 Å². The van der Waals surface area contributed by atoms with Gasteiger partial charge in [0.1, 0.15) is 5.82 Å². The van der Waals surface area contributed by atoms with Crippen molar-refractivity contribution in [2.75, 3.05) is 38.1 Å². The van der Waals surface area contributed by atoms with Crippen molar-refractivity contribution in [3.63, 3.8) is 0 Å². The highest BCUT2D eigenvalue weighted by Crippen LogP contribution is 2.25. The molecule has 5 rings (SSSR count). The Kier molecular flexibility index (Phi) is 6.43. The summed E-state index contributed by atoms with van der Waals surface area (Å²) in [6, 6.07) is 7.27. The lowest BCUT2D eigenvalue weighted by atomic mass is 10.1. The Morgan fingerprint density at radius 3 is 2.72 bits per heavy atom. The topological polar surface area (TPSA) is 116 Å². The Bertz CT molecular complexity index is 1620. The van der Waals surface area contributed by atoms with E-state index in [1.165, 1.54) is 13.1 Å². The molecule has 0 bridgehead atoms. The highest BCUT2D eigenvalue weighted by atomic mass is 32.2. The van der Waals surface area contributed by atoms with Crippen LogP contribution in [0.3, 0.4) is 0 Å². The number of aryl methyl sites for hydroxylation is 1. The van der Waals surface area contributed by atoms with Gasteiger partial charge in [0, 0.05) is 54.9 Å². The van der Waals surface area contributed by atoms with Gasteiger partial charge in [0.2, 0.25) is 0 Å². The van der Waals surface area contributed by atoms with Crippen LogP contribution in [0, 0.1) is 5.82 Å². The molecule has 1 fully saturated rings. The molecular formula is C24H24FN5O5S. The number of hydrogen-bond acceptors (Lipinski definition) is 7. The number of pyridine rings is 1. The van der Waals surface area contributed by atoms with Crippen LogP contribution < -0.4 is 10.2 Å². The molecule has 12 heteroatoms. The molecule has 0 aliphatic carbocycles. The van der Waals surface area contributed by atoms with Crippen LogP contribution in [0.5, 0.6) is 0 Å². The number of hydrogen-bond donors (Lipinski definition) is 1. The number of nitrogens with zero attached hydrogens (tertiary/aromatic N) is 4. The van der Waals surface area contributed by atoms with E-state index in [2.05, 4.69) is 14.8 Å². The van der Waals surface area contributed by atoms with E-state index in [1.54, 1.807) is 48.5 Å². The van der Waals surface area contributed by atoms with Crippen molar-refractivity contribution in [2.24, 2.45) is 7.05 Å². The number of anilines is 1. The standard InChI is InChI=1S/C24H24FN5O5S/c1-29-12-17(11-27-29)16-7-20-22(26-10-16)4-3-15-8-21(25)23(9-19(15)24(20)31)28-36(32,33)30(2)13-18-14-34-5-6-35-18/h3-4,7-12,18,28H,5-6,13-14H2,1-2H3. The van der Waals surface area contributed by atoms with Crippen molar-refractivity contribution in [3.8, 4) is 11.1 Å². The van der Waals surface area contributed by atoms with E-state index in [4.69, 9.17) is 9.47 Å². The zero-order chi connectivity index (χ0) is 25.4. The molecule has 1 saturated heterocycles. The lowest BCUT2D eigenvalue weighted by Crippen LogP contribution is -2.42. The first-order valence-corrected chi connectivity index (χ1v) is 12.6. The number of aromatic nitrogens is 3. The second kappa shape index (κ2) is 9.54. The second-order valence-corrected chi connectivity index (χ2v) is 10.4. The van der Waals surface area contributed by atoms with Crippen LogP contribution in [0.1, 0.15) is 0 Å². The van der Waals surface area contributed by atoms with Crippen LogP contribution in [-0.2, 0) is 26.7 Å². The smallest absolute Gasteiger partial charge is 0.301 e. The predicted octanol–water partition coefficient (Wildman–Crippen LogP) is 2.29. The maximum atomic E-state index is 14.9. The number of ether oxygens (including phenoxy) is 2. The van der Waals surface area contributed by atoms with Gasteiger partial charge in [-0.05, 0) is 29.7 Å². The van der Waals surface area contributed by atoms with Crippen molar-refractivity contribution in [3.05, 3.63) is 65.0 Å². The van der Waals surface area contributed by atoms with Crippen LogP contribution in [0.2, 0.25) is 0 Å². The third-order valence-electron chi connectivity index (χ3n) is 6.00. The van der Waals surface area contributed by atoms with E-state index >= 15 is 0 Å². The van der Waals surface area contributed by atoms with Crippen molar-refractivity contribution in [1.82, 2.24) is 19.1 Å². The summed E-state index contributed by atoms with van der Waals surface area (Å²) in [6.45, 7) is 1.12. The van der Waals surface area contributed by atoms with Gasteiger partial charge in [-0.15, -0.1) is 0 Å². The van der Waals surface area contributed by atoms with Gasteiger partial charge in [-0.25, -0.2) is 4.39 Å². The fraction of sp³-hybridized carbons (Fsp3) is 0.292. The van der Waals surface area contributed by atoms with Crippen molar-refractivity contribution >= 4 is 37.6 Å². The average Bonchev–Trinajstić information content (AvgIpc) is 3.25. The van der Waals surface area contributed by atoms with Gasteiger partial charge in [-0.3, -0.25) is 19.2 Å². The fourth-order valence-corrected chi connectivity index (χ4v) is 5.03. The van der Waals surface area contributed by atoms with Crippen LogP contribution in [0.25, 0.3) is 32.8 Å². The molecule has 1 aliphatic rings. The van der Waals surface area contributed by atoms with E-state index in [-0.39, 0.29) is 24.2 Å². The summed E-state index contributed by atoms with van der Waals surface area (Å²) < 4.78 is 56.4. The lowest BCUT2D eigenvalue weighted by molar-refractivity contribution is -0.0908. The Labute approximate surface area is 206 Å². The Balaban J connectivity index is 1.54. The van der Waals surface area contributed by atoms with E-state index in [9.17, 15) is 17.6 Å². The molecular weight excluding hydrogens is 489 g/mol. The Hall–Kier alpha value is -3.45. The second-order valence-electron chi connectivity index (χ2n) is 8.60. The molecule has 1 atom stereocenters. The molecule has 1 aliphatic heterocycles. The summed E-state index contributed by atoms with van der Waals surface area (Å²) in [6.07, 6.45) is 4.68.